The van der Waals surface area contributed by atoms with Gasteiger partial charge in [-0.25, -0.2) is 0 Å². The van der Waals surface area contributed by atoms with Crippen molar-refractivity contribution in [2.45, 2.75) is 26.3 Å². The molecule has 3 rings (SSSR count). The number of anilines is 1. The molecular formula is C15H18N4O2. The summed E-state index contributed by atoms with van der Waals surface area (Å²) in [6.07, 6.45) is 2.18. The Morgan fingerprint density at radius 1 is 1.48 bits per heavy atom. The van der Waals surface area contributed by atoms with Gasteiger partial charge in [0.15, 0.2) is 0 Å². The SMILES string of the molecule is Cc1cc(-c2nnco2)ccc1NC(=O)C1CCNC1C. The molecule has 21 heavy (non-hydrogen) atoms. The lowest BCUT2D eigenvalue weighted by atomic mass is 10.0. The fourth-order valence-electron chi connectivity index (χ4n) is 2.68. The van der Waals surface area contributed by atoms with Gasteiger partial charge in [0.1, 0.15) is 0 Å². The second-order valence-electron chi connectivity index (χ2n) is 5.40. The normalized spacial score (nSPS) is 21.4. The quantitative estimate of drug-likeness (QED) is 0.902. The molecule has 1 aliphatic heterocycles. The molecule has 1 aromatic carbocycles. The van der Waals surface area contributed by atoms with Crippen LogP contribution in [0.2, 0.25) is 0 Å². The average Bonchev–Trinajstić information content (AvgIpc) is 3.12. The van der Waals surface area contributed by atoms with Crippen molar-refractivity contribution in [3.8, 4) is 11.5 Å². The highest BCUT2D eigenvalue weighted by atomic mass is 16.4. The zero-order chi connectivity index (χ0) is 14.8. The van der Waals surface area contributed by atoms with Crippen molar-refractivity contribution >= 4 is 11.6 Å². The molecule has 2 unspecified atom stereocenters. The third-order valence-corrected chi connectivity index (χ3v) is 3.95. The van der Waals surface area contributed by atoms with Gasteiger partial charge in [0.05, 0.1) is 5.92 Å². The van der Waals surface area contributed by atoms with Gasteiger partial charge < -0.3 is 15.1 Å². The van der Waals surface area contributed by atoms with Crippen LogP contribution in [0, 0.1) is 12.8 Å². The van der Waals surface area contributed by atoms with E-state index in [2.05, 4.69) is 20.8 Å². The van der Waals surface area contributed by atoms with Gasteiger partial charge in [0.2, 0.25) is 18.2 Å². The Bertz CT molecular complexity index is 639. The number of aromatic nitrogens is 2. The third kappa shape index (κ3) is 2.80. The summed E-state index contributed by atoms with van der Waals surface area (Å²) in [5, 5.41) is 13.8. The highest BCUT2D eigenvalue weighted by molar-refractivity contribution is 5.94. The smallest absolute Gasteiger partial charge is 0.247 e. The van der Waals surface area contributed by atoms with Crippen molar-refractivity contribution in [2.75, 3.05) is 11.9 Å². The van der Waals surface area contributed by atoms with E-state index in [0.717, 1.165) is 29.8 Å². The molecule has 2 N–H and O–H groups in total. The molecule has 1 fully saturated rings. The summed E-state index contributed by atoms with van der Waals surface area (Å²) >= 11 is 0. The Morgan fingerprint density at radius 3 is 2.95 bits per heavy atom. The van der Waals surface area contributed by atoms with E-state index >= 15 is 0 Å². The summed E-state index contributed by atoms with van der Waals surface area (Å²) in [5.74, 6) is 0.575. The first kappa shape index (κ1) is 13.8. The molecule has 0 bridgehead atoms. The van der Waals surface area contributed by atoms with Crippen LogP contribution in [-0.2, 0) is 4.79 Å². The van der Waals surface area contributed by atoms with Crippen LogP contribution in [0.1, 0.15) is 18.9 Å². The Kier molecular flexibility index (Phi) is 3.70. The van der Waals surface area contributed by atoms with Crippen LogP contribution < -0.4 is 10.6 Å². The largest absolute Gasteiger partial charge is 0.423 e. The summed E-state index contributed by atoms with van der Waals surface area (Å²) in [4.78, 5) is 12.3. The van der Waals surface area contributed by atoms with Crippen LogP contribution in [0.15, 0.2) is 29.0 Å². The highest BCUT2D eigenvalue weighted by Crippen LogP contribution is 2.25. The molecule has 2 atom stereocenters. The van der Waals surface area contributed by atoms with Gasteiger partial charge in [-0.3, -0.25) is 4.79 Å². The van der Waals surface area contributed by atoms with Gasteiger partial charge in [-0.2, -0.15) is 0 Å². The zero-order valence-electron chi connectivity index (χ0n) is 12.1. The van der Waals surface area contributed by atoms with Gasteiger partial charge in [-0.1, -0.05) is 0 Å². The molecule has 2 aromatic rings. The number of hydrogen-bond donors (Lipinski definition) is 2. The highest BCUT2D eigenvalue weighted by Gasteiger charge is 2.29. The lowest BCUT2D eigenvalue weighted by molar-refractivity contribution is -0.120. The molecule has 6 nitrogen and oxygen atoms in total. The van der Waals surface area contributed by atoms with E-state index in [1.165, 1.54) is 6.39 Å². The Hall–Kier alpha value is -2.21. The van der Waals surface area contributed by atoms with Gasteiger partial charge >= 0.3 is 0 Å². The summed E-state index contributed by atoms with van der Waals surface area (Å²) in [7, 11) is 0. The van der Waals surface area contributed by atoms with Crippen molar-refractivity contribution < 1.29 is 9.21 Å². The van der Waals surface area contributed by atoms with Crippen molar-refractivity contribution in [1.82, 2.24) is 15.5 Å². The van der Waals surface area contributed by atoms with E-state index in [9.17, 15) is 4.79 Å². The van der Waals surface area contributed by atoms with Gasteiger partial charge in [-0.05, 0) is 50.6 Å². The fraction of sp³-hybridized carbons (Fsp3) is 0.400. The maximum Gasteiger partial charge on any atom is 0.247 e. The van der Waals surface area contributed by atoms with Gasteiger partial charge in [-0.15, -0.1) is 10.2 Å². The number of carbonyl (C=O) groups excluding carboxylic acids is 1. The van der Waals surface area contributed by atoms with Crippen LogP contribution >= 0.6 is 0 Å². The van der Waals surface area contributed by atoms with E-state index in [0.29, 0.717) is 5.89 Å². The predicted molar refractivity (Wildman–Crippen MR) is 78.7 cm³/mol. The van der Waals surface area contributed by atoms with Crippen molar-refractivity contribution in [3.05, 3.63) is 30.2 Å². The topological polar surface area (TPSA) is 80.1 Å². The lowest BCUT2D eigenvalue weighted by Gasteiger charge is -2.16. The molecule has 1 saturated heterocycles. The Balaban J connectivity index is 1.76. The zero-order valence-corrected chi connectivity index (χ0v) is 12.1. The Morgan fingerprint density at radius 2 is 2.33 bits per heavy atom. The van der Waals surface area contributed by atoms with E-state index < -0.39 is 0 Å². The number of amides is 1. The molecule has 0 spiro atoms. The Labute approximate surface area is 123 Å². The first-order valence-electron chi connectivity index (χ1n) is 7.06. The number of benzene rings is 1. The minimum Gasteiger partial charge on any atom is -0.423 e. The van der Waals surface area contributed by atoms with Crippen LogP contribution in [0.3, 0.4) is 0 Å². The number of hydrogen-bond acceptors (Lipinski definition) is 5. The minimum atomic E-state index is 0.0278. The van der Waals surface area contributed by atoms with E-state index in [-0.39, 0.29) is 17.9 Å². The van der Waals surface area contributed by atoms with Crippen molar-refractivity contribution in [2.24, 2.45) is 5.92 Å². The minimum absolute atomic E-state index is 0.0278. The summed E-state index contributed by atoms with van der Waals surface area (Å²) < 4.78 is 5.17. The molecule has 0 aliphatic carbocycles. The predicted octanol–water partition coefficient (Wildman–Crippen LogP) is 1.98. The second kappa shape index (κ2) is 5.65. The molecule has 0 saturated carbocycles. The average molecular weight is 286 g/mol. The fourth-order valence-corrected chi connectivity index (χ4v) is 2.68. The second-order valence-corrected chi connectivity index (χ2v) is 5.40. The first-order chi connectivity index (χ1) is 10.1. The lowest BCUT2D eigenvalue weighted by Crippen LogP contribution is -2.32. The number of aryl methyl sites for hydroxylation is 1. The van der Waals surface area contributed by atoms with E-state index in [4.69, 9.17) is 4.42 Å². The van der Waals surface area contributed by atoms with Crippen molar-refractivity contribution in [3.63, 3.8) is 0 Å². The van der Waals surface area contributed by atoms with Crippen LogP contribution in [0.4, 0.5) is 5.69 Å². The molecule has 6 heteroatoms. The molecule has 0 radical (unpaired) electrons. The molecule has 1 aliphatic rings. The molecule has 110 valence electrons. The van der Waals surface area contributed by atoms with Gasteiger partial charge in [0, 0.05) is 17.3 Å². The maximum atomic E-state index is 12.3. The van der Waals surface area contributed by atoms with Crippen LogP contribution in [0.25, 0.3) is 11.5 Å². The van der Waals surface area contributed by atoms with Gasteiger partial charge in [0.25, 0.3) is 0 Å². The number of nitrogens with zero attached hydrogens (tertiary/aromatic N) is 2. The first-order valence-corrected chi connectivity index (χ1v) is 7.06. The summed E-state index contributed by atoms with van der Waals surface area (Å²) in [5.41, 5.74) is 2.64. The maximum absolute atomic E-state index is 12.3. The van der Waals surface area contributed by atoms with Crippen LogP contribution in [-0.4, -0.2) is 28.7 Å². The summed E-state index contributed by atoms with van der Waals surface area (Å²) in [6, 6.07) is 5.90. The monoisotopic (exact) mass is 286 g/mol. The van der Waals surface area contributed by atoms with E-state index in [1.807, 2.05) is 32.0 Å². The third-order valence-electron chi connectivity index (χ3n) is 3.95. The molecule has 1 amide bonds. The summed E-state index contributed by atoms with van der Waals surface area (Å²) in [6.45, 7) is 4.89. The molecule has 2 heterocycles. The number of carbonyl (C=O) groups is 1. The molecule has 1 aromatic heterocycles. The molecular weight excluding hydrogens is 268 g/mol. The van der Waals surface area contributed by atoms with Crippen molar-refractivity contribution in [1.29, 1.82) is 0 Å². The van der Waals surface area contributed by atoms with E-state index in [1.54, 1.807) is 0 Å². The number of nitrogens with one attached hydrogen (secondary N) is 2. The number of rotatable bonds is 3. The standard InChI is InChI=1S/C15H18N4O2/c1-9-7-11(15-19-17-8-21-15)3-4-13(9)18-14(20)12-5-6-16-10(12)2/h3-4,7-8,10,12,16H,5-6H2,1-2H3,(H,18,20). The van der Waals surface area contributed by atoms with Crippen LogP contribution in [0.5, 0.6) is 0 Å².